The van der Waals surface area contributed by atoms with Gasteiger partial charge in [0.25, 0.3) is 5.91 Å². The fourth-order valence-corrected chi connectivity index (χ4v) is 9.81. The van der Waals surface area contributed by atoms with Gasteiger partial charge in [0.05, 0.1) is 30.5 Å². The Balaban J connectivity index is 1.14. The lowest BCUT2D eigenvalue weighted by molar-refractivity contribution is -0.141. The van der Waals surface area contributed by atoms with E-state index in [1.165, 1.54) is 4.90 Å². The molecule has 2 saturated carbocycles. The van der Waals surface area contributed by atoms with Crippen LogP contribution >= 0.6 is 0 Å². The molecule has 4 aliphatic heterocycles. The standard InChI is InChI=1S/C41H52N6O9S/c1-54-29-14-13-26-20-27-10-6-5-9-19-55-30-17-18-46(24-30)40(51)43-33-12-8-4-2-3-7-11-28-23-41(28,39(50)45-57(52,53)32-15-16-32)44-36(48)35-22-31(25-47(35)38(33)49)56-37(27)42-34(26)21-29/h6-7,10-11,13-14,20-21,28,30-33,35H,2-5,8-9,12,15-19,22-25H2,1H3,(H,43,51)(H,44,48)(H,45,50)/b10-6+,11-7?. The zero-order valence-electron chi connectivity index (χ0n) is 32.3. The van der Waals surface area contributed by atoms with E-state index in [1.54, 1.807) is 12.0 Å². The normalized spacial score (nSPS) is 30.6. The van der Waals surface area contributed by atoms with E-state index in [4.69, 9.17) is 19.2 Å². The number of pyridine rings is 1. The molecular formula is C41H52N6O9S. The number of hydrogen-bond donors (Lipinski definition) is 3. The van der Waals surface area contributed by atoms with Crippen molar-refractivity contribution >= 4 is 50.8 Å². The number of ether oxygens (including phenoxy) is 3. The number of sulfonamides is 1. The number of allylic oxidation sites excluding steroid dienone is 2. The highest BCUT2D eigenvalue weighted by Crippen LogP contribution is 2.46. The lowest BCUT2D eigenvalue weighted by Gasteiger charge is -2.30. The zero-order valence-corrected chi connectivity index (χ0v) is 33.1. The van der Waals surface area contributed by atoms with Gasteiger partial charge in [-0.2, -0.15) is 0 Å². The van der Waals surface area contributed by atoms with Gasteiger partial charge in [0.2, 0.25) is 27.7 Å². The first kappa shape index (κ1) is 39.1. The Labute approximate surface area is 333 Å². The minimum absolute atomic E-state index is 0.0164. The summed E-state index contributed by atoms with van der Waals surface area (Å²) in [7, 11) is -2.31. The average Bonchev–Trinajstić information content (AvgIpc) is 4.07. The van der Waals surface area contributed by atoms with Crippen LogP contribution in [-0.4, -0.2) is 115 Å². The van der Waals surface area contributed by atoms with E-state index in [1.807, 2.05) is 48.6 Å². The predicted molar refractivity (Wildman–Crippen MR) is 211 cm³/mol. The molecule has 15 nitrogen and oxygen atoms in total. The van der Waals surface area contributed by atoms with Crippen LogP contribution in [0.1, 0.15) is 82.6 Å². The fourth-order valence-electron chi connectivity index (χ4n) is 8.44. The molecule has 2 aliphatic carbocycles. The van der Waals surface area contributed by atoms with Crippen LogP contribution in [0, 0.1) is 5.92 Å². The summed E-state index contributed by atoms with van der Waals surface area (Å²) < 4.78 is 46.3. The number of benzene rings is 1. The molecule has 0 radical (unpaired) electrons. The lowest BCUT2D eigenvalue weighted by atomic mass is 10.0. The SMILES string of the molecule is COc1ccc2cc3c(nc2c1)OC1CC2C(=O)NC4(C(=O)NS(=O)(=O)C5CC5)CC4C=CCCCCCC(NC(=O)N4CCC(C4)OCCC/C=C/3)C(=O)N2C1. The summed E-state index contributed by atoms with van der Waals surface area (Å²) in [5.74, 6) is -1.26. The Bertz CT molecular complexity index is 2070. The molecule has 5 bridgehead atoms. The monoisotopic (exact) mass is 804 g/mol. The number of rotatable bonds is 4. The van der Waals surface area contributed by atoms with Crippen LogP contribution in [0.25, 0.3) is 17.0 Å². The summed E-state index contributed by atoms with van der Waals surface area (Å²) in [6.07, 6.45) is 13.9. The van der Waals surface area contributed by atoms with Crippen molar-refractivity contribution in [2.75, 3.05) is 33.4 Å². The average molecular weight is 805 g/mol. The van der Waals surface area contributed by atoms with Crippen molar-refractivity contribution < 1.29 is 41.8 Å². The molecule has 8 rings (SSSR count). The van der Waals surface area contributed by atoms with Crippen molar-refractivity contribution in [2.45, 2.75) is 112 Å². The quantitative estimate of drug-likeness (QED) is 0.386. The summed E-state index contributed by atoms with van der Waals surface area (Å²) in [6, 6.07) is 5.22. The largest absolute Gasteiger partial charge is 0.497 e. The van der Waals surface area contributed by atoms with E-state index < -0.39 is 62.6 Å². The number of urea groups is 1. The van der Waals surface area contributed by atoms with Crippen LogP contribution in [0.5, 0.6) is 11.6 Å². The molecule has 57 heavy (non-hydrogen) atoms. The molecule has 2 saturated heterocycles. The summed E-state index contributed by atoms with van der Waals surface area (Å²) in [4.78, 5) is 64.8. The first-order valence-corrected chi connectivity index (χ1v) is 21.9. The van der Waals surface area contributed by atoms with Gasteiger partial charge in [-0.15, -0.1) is 0 Å². The molecule has 1 aromatic heterocycles. The second-order valence-electron chi connectivity index (χ2n) is 16.2. The minimum Gasteiger partial charge on any atom is -0.497 e. The number of carbonyl (C=O) groups is 4. The lowest BCUT2D eigenvalue weighted by Crippen LogP contribution is -2.58. The number of nitrogens with zero attached hydrogens (tertiary/aromatic N) is 3. The topological polar surface area (TPSA) is 186 Å². The zero-order chi connectivity index (χ0) is 39.7. The molecular weight excluding hydrogens is 753 g/mol. The number of aromatic nitrogens is 1. The van der Waals surface area contributed by atoms with E-state index in [-0.39, 0.29) is 31.5 Å². The second-order valence-corrected chi connectivity index (χ2v) is 18.2. The Hall–Kier alpha value is -4.70. The van der Waals surface area contributed by atoms with Crippen LogP contribution in [0.4, 0.5) is 4.79 Å². The molecule has 16 heteroatoms. The Morgan fingerprint density at radius 3 is 2.67 bits per heavy atom. The van der Waals surface area contributed by atoms with Crippen molar-refractivity contribution in [3.63, 3.8) is 0 Å². The number of fused-ring (bicyclic) bond motifs is 7. The van der Waals surface area contributed by atoms with Crippen molar-refractivity contribution in [1.82, 2.24) is 30.1 Å². The smallest absolute Gasteiger partial charge is 0.318 e. The van der Waals surface area contributed by atoms with Crippen LogP contribution < -0.4 is 24.8 Å². The van der Waals surface area contributed by atoms with Crippen molar-refractivity contribution in [1.29, 1.82) is 0 Å². The summed E-state index contributed by atoms with van der Waals surface area (Å²) in [5.41, 5.74) is -0.124. The van der Waals surface area contributed by atoms with Crippen molar-refractivity contribution in [3.8, 4) is 11.6 Å². The minimum atomic E-state index is -3.89. The highest BCUT2D eigenvalue weighted by Gasteiger charge is 2.62. The van der Waals surface area contributed by atoms with Gasteiger partial charge in [-0.3, -0.25) is 19.1 Å². The van der Waals surface area contributed by atoms with Gasteiger partial charge >= 0.3 is 6.03 Å². The molecule has 6 atom stereocenters. The summed E-state index contributed by atoms with van der Waals surface area (Å²) >= 11 is 0. The molecule has 5 heterocycles. The van der Waals surface area contributed by atoms with Gasteiger partial charge in [0, 0.05) is 49.1 Å². The van der Waals surface area contributed by atoms with Crippen LogP contribution in [0.3, 0.4) is 0 Å². The molecule has 6 aliphatic rings. The molecule has 5 amide bonds. The van der Waals surface area contributed by atoms with Gasteiger partial charge in [-0.25, -0.2) is 18.2 Å². The van der Waals surface area contributed by atoms with Gasteiger partial charge < -0.3 is 34.6 Å². The third-order valence-electron chi connectivity index (χ3n) is 12.0. The van der Waals surface area contributed by atoms with E-state index >= 15 is 0 Å². The molecule has 1 aromatic carbocycles. The third kappa shape index (κ3) is 8.62. The number of amides is 5. The first-order valence-electron chi connectivity index (χ1n) is 20.4. The molecule has 0 spiro atoms. The van der Waals surface area contributed by atoms with E-state index in [0.29, 0.717) is 75.4 Å². The van der Waals surface area contributed by atoms with E-state index in [2.05, 4.69) is 15.4 Å². The molecule has 306 valence electrons. The summed E-state index contributed by atoms with van der Waals surface area (Å²) in [5, 5.41) is 6.18. The first-order chi connectivity index (χ1) is 27.5. The third-order valence-corrected chi connectivity index (χ3v) is 13.9. The second kappa shape index (κ2) is 16.3. The summed E-state index contributed by atoms with van der Waals surface area (Å²) in [6.45, 7) is 1.47. The highest BCUT2D eigenvalue weighted by atomic mass is 32.2. The Morgan fingerprint density at radius 2 is 1.84 bits per heavy atom. The number of methoxy groups -OCH3 is 1. The van der Waals surface area contributed by atoms with Gasteiger partial charge in [-0.1, -0.05) is 37.1 Å². The number of nitrogens with one attached hydrogen (secondary N) is 3. The fraction of sp³-hybridized carbons (Fsp3) is 0.585. The van der Waals surface area contributed by atoms with Gasteiger partial charge in [-0.05, 0) is 76.0 Å². The molecule has 6 unspecified atom stereocenters. The van der Waals surface area contributed by atoms with Crippen LogP contribution in [-0.2, 0) is 29.1 Å². The maximum atomic E-state index is 14.7. The van der Waals surface area contributed by atoms with E-state index in [9.17, 15) is 27.6 Å². The van der Waals surface area contributed by atoms with Crippen molar-refractivity contribution in [2.24, 2.45) is 5.92 Å². The predicted octanol–water partition coefficient (Wildman–Crippen LogP) is 3.57. The number of carbonyl (C=O) groups excluding carboxylic acids is 4. The molecule has 3 N–H and O–H groups in total. The maximum absolute atomic E-state index is 14.7. The van der Waals surface area contributed by atoms with Gasteiger partial charge in [0.15, 0.2) is 0 Å². The Morgan fingerprint density at radius 1 is 1.00 bits per heavy atom. The van der Waals surface area contributed by atoms with Crippen LogP contribution in [0.15, 0.2) is 42.5 Å². The molecule has 2 aromatic rings. The number of hydrogen-bond acceptors (Lipinski definition) is 10. The Kier molecular flexibility index (Phi) is 11.2. The van der Waals surface area contributed by atoms with Gasteiger partial charge in [0.1, 0.15) is 29.5 Å². The highest BCUT2D eigenvalue weighted by molar-refractivity contribution is 7.91. The maximum Gasteiger partial charge on any atom is 0.318 e. The van der Waals surface area contributed by atoms with E-state index in [0.717, 1.165) is 36.6 Å². The van der Waals surface area contributed by atoms with Crippen LogP contribution in [0.2, 0.25) is 0 Å². The van der Waals surface area contributed by atoms with Crippen molar-refractivity contribution in [3.05, 3.63) is 48.1 Å². The molecule has 4 fully saturated rings.